The first-order chi connectivity index (χ1) is 21.3. The summed E-state index contributed by atoms with van der Waals surface area (Å²) in [6.07, 6.45) is 2.25. The van der Waals surface area contributed by atoms with E-state index in [4.69, 9.17) is 18.4 Å². The van der Waals surface area contributed by atoms with Gasteiger partial charge in [0, 0.05) is 43.2 Å². The van der Waals surface area contributed by atoms with E-state index in [0.717, 1.165) is 36.4 Å². The summed E-state index contributed by atoms with van der Waals surface area (Å²) < 4.78 is 52.6. The van der Waals surface area contributed by atoms with Crippen LogP contribution in [0, 0.1) is 17.0 Å². The summed E-state index contributed by atoms with van der Waals surface area (Å²) in [7, 11) is -1.42. The molecule has 2 amide bonds. The topological polar surface area (TPSA) is 118 Å². The Morgan fingerprint density at radius 2 is 1.98 bits per heavy atom. The number of anilines is 1. The summed E-state index contributed by atoms with van der Waals surface area (Å²) in [5, 5.41) is 14.6. The summed E-state index contributed by atoms with van der Waals surface area (Å²) in [5.41, 5.74) is -0.509. The quantitative estimate of drug-likeness (QED) is 0.379. The van der Waals surface area contributed by atoms with Gasteiger partial charge < -0.3 is 28.4 Å². The van der Waals surface area contributed by atoms with Gasteiger partial charge in [0.1, 0.15) is 36.3 Å². The second kappa shape index (κ2) is 13.2. The van der Waals surface area contributed by atoms with Crippen molar-refractivity contribution in [3.63, 3.8) is 0 Å². The van der Waals surface area contributed by atoms with Crippen molar-refractivity contribution in [2.45, 2.75) is 71.1 Å². The molecule has 2 fully saturated rings. The molecule has 14 heteroatoms. The third-order valence-electron chi connectivity index (χ3n) is 8.62. The van der Waals surface area contributed by atoms with Crippen molar-refractivity contribution in [1.29, 1.82) is 0 Å². The molecule has 0 bridgehead atoms. The number of aliphatic hydroxyl groups is 1. The van der Waals surface area contributed by atoms with Crippen LogP contribution in [0.1, 0.15) is 45.6 Å². The lowest BCUT2D eigenvalue weighted by Gasteiger charge is -2.49. The molecule has 1 N–H and O–H groups in total. The fraction of sp³-hybridized carbons (Fsp3) is 0.581. The highest BCUT2D eigenvalue weighted by atomic mass is 28.3. The zero-order chi connectivity index (χ0) is 32.5. The Morgan fingerprint density at radius 3 is 2.58 bits per heavy atom. The third-order valence-corrected chi connectivity index (χ3v) is 9.48. The van der Waals surface area contributed by atoms with E-state index in [1.54, 1.807) is 6.08 Å². The van der Waals surface area contributed by atoms with E-state index >= 15 is 8.78 Å². The molecule has 2 aromatic rings. The molecule has 2 saturated heterocycles. The van der Waals surface area contributed by atoms with Crippen molar-refractivity contribution in [1.82, 2.24) is 15.0 Å². The maximum Gasteiger partial charge on any atom is 0.414 e. The van der Waals surface area contributed by atoms with E-state index < -0.39 is 50.6 Å². The standard InChI is InChI=1S/C31H42F2N4O7Si/c1-30(2,3)31(44-45(4)5)10-6-11-36(31)18-25(38)28(39)35-12-7-20(8-13-35)27-23(32)15-21(16-24(27)33)37-17-22(43-29(37)40)19-41-26-9-14-42-34-26/h7,9,14-16,22,25,38,45H,6,8,10-13,17-19H2,1-5H3/t22-,25-,31+/m1/s1. The van der Waals surface area contributed by atoms with Gasteiger partial charge in [0.25, 0.3) is 11.8 Å². The van der Waals surface area contributed by atoms with Crippen LogP contribution in [-0.4, -0.2) is 98.4 Å². The van der Waals surface area contributed by atoms with Crippen molar-refractivity contribution in [2.75, 3.05) is 44.2 Å². The number of amides is 2. The SMILES string of the molecule is C[SiH](C)O[C@]1(C(C)(C)C)CCCN1C[C@@H](O)C(=O)N1CC=C(c2c(F)cc(N3C[C@H](COc4ccon4)OC3=O)cc2F)CC1. The number of halogens is 2. The predicted molar refractivity (Wildman–Crippen MR) is 164 cm³/mol. The highest BCUT2D eigenvalue weighted by Gasteiger charge is 2.51. The van der Waals surface area contributed by atoms with Crippen LogP contribution in [-0.2, 0) is 14.0 Å². The number of β-amino-alcohol motifs (C(OH)–C–C–N with tert-alkyl or cyclic N) is 1. The largest absolute Gasteiger partial charge is 0.471 e. The van der Waals surface area contributed by atoms with E-state index in [2.05, 4.69) is 43.9 Å². The van der Waals surface area contributed by atoms with Crippen LogP contribution in [0.3, 0.4) is 0 Å². The third kappa shape index (κ3) is 6.93. The lowest BCUT2D eigenvalue weighted by Crippen LogP contribution is -2.59. The highest BCUT2D eigenvalue weighted by molar-refractivity contribution is 6.48. The van der Waals surface area contributed by atoms with Gasteiger partial charge in [-0.3, -0.25) is 14.6 Å². The maximum absolute atomic E-state index is 15.3. The molecule has 3 aliphatic rings. The molecular formula is C31H42F2N4O7Si. The Bertz CT molecular complexity index is 1390. The number of cyclic esters (lactones) is 1. The van der Waals surface area contributed by atoms with Crippen molar-refractivity contribution in [3.8, 4) is 5.88 Å². The summed E-state index contributed by atoms with van der Waals surface area (Å²) in [4.78, 5) is 30.5. The molecule has 0 spiro atoms. The number of ether oxygens (including phenoxy) is 2. The number of aromatic nitrogens is 1. The number of hydrogen-bond acceptors (Lipinski definition) is 9. The number of rotatable bonds is 10. The van der Waals surface area contributed by atoms with Gasteiger partial charge in [0.2, 0.25) is 0 Å². The molecule has 3 aliphatic heterocycles. The number of aliphatic hydroxyl groups excluding tert-OH is 1. The molecule has 1 aromatic heterocycles. The molecule has 0 saturated carbocycles. The van der Waals surface area contributed by atoms with E-state index in [1.165, 1.54) is 17.2 Å². The summed E-state index contributed by atoms with van der Waals surface area (Å²) in [6, 6.07) is 3.70. The van der Waals surface area contributed by atoms with Crippen LogP contribution < -0.4 is 9.64 Å². The van der Waals surface area contributed by atoms with Crippen molar-refractivity contribution in [2.24, 2.45) is 5.41 Å². The maximum atomic E-state index is 15.3. The Labute approximate surface area is 263 Å². The Morgan fingerprint density at radius 1 is 1.24 bits per heavy atom. The highest BCUT2D eigenvalue weighted by Crippen LogP contribution is 2.45. The molecule has 246 valence electrons. The van der Waals surface area contributed by atoms with E-state index in [1.807, 2.05) is 0 Å². The first-order valence-electron chi connectivity index (χ1n) is 15.4. The number of likely N-dealkylation sites (tertiary alicyclic amines) is 1. The van der Waals surface area contributed by atoms with Gasteiger partial charge in [0.05, 0.1) is 12.2 Å². The Hall–Kier alpha value is -3.33. The van der Waals surface area contributed by atoms with Crippen molar-refractivity contribution in [3.05, 3.63) is 47.7 Å². The van der Waals surface area contributed by atoms with Gasteiger partial charge in [-0.15, -0.1) is 0 Å². The van der Waals surface area contributed by atoms with Crippen LogP contribution in [0.15, 0.2) is 35.1 Å². The molecule has 5 rings (SSSR count). The second-order valence-corrected chi connectivity index (χ2v) is 15.4. The smallest absolute Gasteiger partial charge is 0.414 e. The van der Waals surface area contributed by atoms with Crippen LogP contribution >= 0.6 is 0 Å². The number of benzene rings is 1. The van der Waals surface area contributed by atoms with Crippen molar-refractivity contribution < 1.29 is 41.9 Å². The van der Waals surface area contributed by atoms with Gasteiger partial charge in [-0.1, -0.05) is 26.8 Å². The molecule has 3 atom stereocenters. The van der Waals surface area contributed by atoms with Crippen LogP contribution in [0.5, 0.6) is 5.88 Å². The van der Waals surface area contributed by atoms with Crippen LogP contribution in [0.25, 0.3) is 5.57 Å². The molecule has 0 radical (unpaired) electrons. The fourth-order valence-electron chi connectivity index (χ4n) is 6.53. The number of hydrogen-bond donors (Lipinski definition) is 1. The average Bonchev–Trinajstić information content (AvgIpc) is 3.72. The monoisotopic (exact) mass is 648 g/mol. The van der Waals surface area contributed by atoms with Gasteiger partial charge in [-0.25, -0.2) is 13.6 Å². The van der Waals surface area contributed by atoms with Gasteiger partial charge in [-0.05, 0) is 55.2 Å². The number of carbonyl (C=O) groups is 2. The Balaban J connectivity index is 1.21. The number of carbonyl (C=O) groups excluding carboxylic acids is 2. The molecule has 11 nitrogen and oxygen atoms in total. The second-order valence-electron chi connectivity index (χ2n) is 13.1. The molecule has 4 heterocycles. The number of nitrogens with zero attached hydrogens (tertiary/aromatic N) is 4. The molecule has 1 aromatic carbocycles. The molecule has 0 aliphatic carbocycles. The summed E-state index contributed by atoms with van der Waals surface area (Å²) in [6.45, 7) is 11.9. The summed E-state index contributed by atoms with van der Waals surface area (Å²) >= 11 is 0. The molecular weight excluding hydrogens is 606 g/mol. The first kappa shape index (κ1) is 33.0. The van der Waals surface area contributed by atoms with Gasteiger partial charge >= 0.3 is 6.09 Å². The zero-order valence-electron chi connectivity index (χ0n) is 26.4. The summed E-state index contributed by atoms with van der Waals surface area (Å²) in [5.74, 6) is -1.85. The minimum Gasteiger partial charge on any atom is -0.471 e. The minimum absolute atomic E-state index is 0.00259. The Kier molecular flexibility index (Phi) is 9.68. The van der Waals surface area contributed by atoms with Gasteiger partial charge in [-0.2, -0.15) is 0 Å². The molecule has 45 heavy (non-hydrogen) atoms. The van der Waals surface area contributed by atoms with E-state index in [0.29, 0.717) is 5.57 Å². The minimum atomic E-state index is -1.42. The zero-order valence-corrected chi connectivity index (χ0v) is 27.6. The van der Waals surface area contributed by atoms with Crippen molar-refractivity contribution >= 4 is 32.3 Å². The van der Waals surface area contributed by atoms with E-state index in [9.17, 15) is 14.7 Å². The molecule has 0 unspecified atom stereocenters. The predicted octanol–water partition coefficient (Wildman–Crippen LogP) is 4.17. The fourth-order valence-corrected chi connectivity index (χ4v) is 7.93. The normalized spacial score (nSPS) is 23.4. The van der Waals surface area contributed by atoms with Gasteiger partial charge in [0.15, 0.2) is 15.1 Å². The average molecular weight is 649 g/mol. The van der Waals surface area contributed by atoms with E-state index in [-0.39, 0.29) is 61.8 Å². The lowest BCUT2D eigenvalue weighted by atomic mass is 9.81. The van der Waals surface area contributed by atoms with Crippen LogP contribution in [0.4, 0.5) is 19.3 Å². The first-order valence-corrected chi connectivity index (χ1v) is 18.2. The van der Waals surface area contributed by atoms with Crippen LogP contribution in [0.2, 0.25) is 13.1 Å². The lowest BCUT2D eigenvalue weighted by molar-refractivity contribution is -0.158.